The second-order valence-corrected chi connectivity index (χ2v) is 9.44. The fourth-order valence-electron chi connectivity index (χ4n) is 3.01. The molecule has 1 N–H and O–H groups in total. The second-order valence-electron chi connectivity index (χ2n) is 6.16. The Bertz CT molecular complexity index is 829. The topological polar surface area (TPSA) is 67.9 Å². The summed E-state index contributed by atoms with van der Waals surface area (Å²) in [6.45, 7) is 5.03. The van der Waals surface area contributed by atoms with E-state index in [4.69, 9.17) is 9.47 Å². The van der Waals surface area contributed by atoms with Gasteiger partial charge in [0.05, 0.1) is 20.3 Å². The highest BCUT2D eigenvalue weighted by Gasteiger charge is 2.26. The normalized spacial score (nSPS) is 17.2. The van der Waals surface area contributed by atoms with Crippen molar-refractivity contribution in [3.05, 3.63) is 46.8 Å². The first-order valence-electron chi connectivity index (χ1n) is 8.51. The van der Waals surface area contributed by atoms with Gasteiger partial charge in [0.2, 0.25) is 10.0 Å². The standard InChI is InChI=1S/C18H24N2O4S2/c1-14-6-7-18(25-14)26(21,22)19-13-17(20-8-10-24-11-9-20)15-4-3-5-16(12-15)23-2/h3-7,12,17,19H,8-11,13H2,1-2H3. The Morgan fingerprint density at radius 2 is 2.04 bits per heavy atom. The summed E-state index contributed by atoms with van der Waals surface area (Å²) in [5.41, 5.74) is 1.02. The zero-order chi connectivity index (χ0) is 18.6. The molecule has 0 spiro atoms. The Balaban J connectivity index is 1.81. The second kappa shape index (κ2) is 8.49. The summed E-state index contributed by atoms with van der Waals surface area (Å²) in [7, 11) is -1.89. The number of nitrogens with one attached hydrogen (secondary N) is 1. The van der Waals surface area contributed by atoms with Gasteiger partial charge in [0.25, 0.3) is 0 Å². The van der Waals surface area contributed by atoms with Gasteiger partial charge in [-0.2, -0.15) is 0 Å². The van der Waals surface area contributed by atoms with Gasteiger partial charge in [-0.3, -0.25) is 4.90 Å². The summed E-state index contributed by atoms with van der Waals surface area (Å²) in [6, 6.07) is 11.2. The molecule has 0 bridgehead atoms. The molecule has 1 aliphatic rings. The molecule has 1 saturated heterocycles. The molecule has 2 aromatic rings. The van der Waals surface area contributed by atoms with Crippen molar-refractivity contribution < 1.29 is 17.9 Å². The number of ether oxygens (including phenoxy) is 2. The van der Waals surface area contributed by atoms with E-state index >= 15 is 0 Å². The van der Waals surface area contributed by atoms with Crippen LogP contribution in [0.3, 0.4) is 0 Å². The summed E-state index contributed by atoms with van der Waals surface area (Å²) >= 11 is 1.28. The van der Waals surface area contributed by atoms with Crippen molar-refractivity contribution in [1.29, 1.82) is 0 Å². The predicted molar refractivity (Wildman–Crippen MR) is 102 cm³/mol. The van der Waals surface area contributed by atoms with Crippen LogP contribution in [-0.4, -0.2) is 53.3 Å². The van der Waals surface area contributed by atoms with Gasteiger partial charge in [0.1, 0.15) is 9.96 Å². The van der Waals surface area contributed by atoms with E-state index in [9.17, 15) is 8.42 Å². The fourth-order valence-corrected chi connectivity index (χ4v) is 5.38. The Morgan fingerprint density at radius 3 is 2.69 bits per heavy atom. The van der Waals surface area contributed by atoms with Crippen LogP contribution in [0.4, 0.5) is 0 Å². The summed E-state index contributed by atoms with van der Waals surface area (Å²) in [5, 5.41) is 0. The first kappa shape index (κ1) is 19.3. The Labute approximate surface area is 158 Å². The minimum absolute atomic E-state index is 0.0789. The van der Waals surface area contributed by atoms with Crippen molar-refractivity contribution >= 4 is 21.4 Å². The molecule has 0 radical (unpaired) electrons. The molecule has 1 fully saturated rings. The third-order valence-electron chi connectivity index (χ3n) is 4.41. The van der Waals surface area contributed by atoms with Crippen molar-refractivity contribution in [1.82, 2.24) is 9.62 Å². The van der Waals surface area contributed by atoms with Crippen LogP contribution in [0.2, 0.25) is 0 Å². The van der Waals surface area contributed by atoms with Crippen LogP contribution < -0.4 is 9.46 Å². The van der Waals surface area contributed by atoms with Gasteiger partial charge < -0.3 is 9.47 Å². The van der Waals surface area contributed by atoms with Crippen molar-refractivity contribution in [3.8, 4) is 5.75 Å². The van der Waals surface area contributed by atoms with Gasteiger partial charge in [0.15, 0.2) is 0 Å². The smallest absolute Gasteiger partial charge is 0.250 e. The number of benzene rings is 1. The molecule has 1 atom stereocenters. The molecule has 1 aromatic heterocycles. The van der Waals surface area contributed by atoms with Crippen molar-refractivity contribution in [2.45, 2.75) is 17.2 Å². The molecular formula is C18H24N2O4S2. The van der Waals surface area contributed by atoms with Crippen LogP contribution in [0.1, 0.15) is 16.5 Å². The van der Waals surface area contributed by atoms with E-state index in [1.165, 1.54) is 11.3 Å². The average molecular weight is 397 g/mol. The minimum Gasteiger partial charge on any atom is -0.497 e. The molecule has 0 saturated carbocycles. The van der Waals surface area contributed by atoms with Crippen molar-refractivity contribution in [3.63, 3.8) is 0 Å². The quantitative estimate of drug-likeness (QED) is 0.778. The lowest BCUT2D eigenvalue weighted by molar-refractivity contribution is 0.0171. The maximum Gasteiger partial charge on any atom is 0.250 e. The molecular weight excluding hydrogens is 372 g/mol. The minimum atomic E-state index is -3.52. The number of methoxy groups -OCH3 is 1. The van der Waals surface area contributed by atoms with Gasteiger partial charge in [-0.05, 0) is 36.8 Å². The molecule has 2 heterocycles. The lowest BCUT2D eigenvalue weighted by Gasteiger charge is -2.35. The zero-order valence-corrected chi connectivity index (χ0v) is 16.6. The molecule has 1 aliphatic heterocycles. The molecule has 8 heteroatoms. The van der Waals surface area contributed by atoms with Crippen LogP contribution >= 0.6 is 11.3 Å². The van der Waals surface area contributed by atoms with Crippen LogP contribution in [0.15, 0.2) is 40.6 Å². The summed E-state index contributed by atoms with van der Waals surface area (Å²) in [5.74, 6) is 0.762. The summed E-state index contributed by atoms with van der Waals surface area (Å²) in [6.07, 6.45) is 0. The lowest BCUT2D eigenvalue weighted by Crippen LogP contribution is -2.43. The molecule has 6 nitrogen and oxygen atoms in total. The molecule has 0 aliphatic carbocycles. The highest BCUT2D eigenvalue weighted by molar-refractivity contribution is 7.91. The number of rotatable bonds is 7. The number of nitrogens with zero attached hydrogens (tertiary/aromatic N) is 1. The molecule has 3 rings (SSSR count). The van der Waals surface area contributed by atoms with E-state index < -0.39 is 10.0 Å². The van der Waals surface area contributed by atoms with Gasteiger partial charge in [-0.25, -0.2) is 13.1 Å². The maximum atomic E-state index is 12.6. The number of hydrogen-bond donors (Lipinski definition) is 1. The van der Waals surface area contributed by atoms with Crippen LogP contribution in [-0.2, 0) is 14.8 Å². The van der Waals surface area contributed by atoms with Crippen LogP contribution in [0.5, 0.6) is 5.75 Å². The summed E-state index contributed by atoms with van der Waals surface area (Å²) < 4.78 is 39.1. The van der Waals surface area contributed by atoms with E-state index in [1.54, 1.807) is 13.2 Å². The number of sulfonamides is 1. The molecule has 0 amide bonds. The Hall–Kier alpha value is -1.45. The van der Waals surface area contributed by atoms with Gasteiger partial charge in [-0.15, -0.1) is 11.3 Å². The largest absolute Gasteiger partial charge is 0.497 e. The van der Waals surface area contributed by atoms with Crippen molar-refractivity contribution in [2.24, 2.45) is 0 Å². The van der Waals surface area contributed by atoms with E-state index in [1.807, 2.05) is 37.3 Å². The highest BCUT2D eigenvalue weighted by Crippen LogP contribution is 2.26. The monoisotopic (exact) mass is 396 g/mol. The maximum absolute atomic E-state index is 12.6. The van der Waals surface area contributed by atoms with E-state index in [0.717, 1.165) is 29.3 Å². The number of aryl methyl sites for hydroxylation is 1. The Morgan fingerprint density at radius 1 is 1.27 bits per heavy atom. The Kier molecular flexibility index (Phi) is 6.31. The third-order valence-corrected chi connectivity index (χ3v) is 7.33. The molecule has 142 valence electrons. The van der Waals surface area contributed by atoms with Gasteiger partial charge >= 0.3 is 0 Å². The predicted octanol–water partition coefficient (Wildman–Crippen LogP) is 2.42. The van der Waals surface area contributed by atoms with E-state index in [2.05, 4.69) is 9.62 Å². The van der Waals surface area contributed by atoms with E-state index in [-0.39, 0.29) is 6.04 Å². The zero-order valence-electron chi connectivity index (χ0n) is 15.0. The van der Waals surface area contributed by atoms with Gasteiger partial charge in [-0.1, -0.05) is 12.1 Å². The highest BCUT2D eigenvalue weighted by atomic mass is 32.2. The third kappa shape index (κ3) is 4.63. The van der Waals surface area contributed by atoms with Gasteiger partial charge in [0, 0.05) is 30.6 Å². The van der Waals surface area contributed by atoms with Crippen LogP contribution in [0.25, 0.3) is 0 Å². The lowest BCUT2D eigenvalue weighted by atomic mass is 10.0. The number of hydrogen-bond acceptors (Lipinski definition) is 6. The number of morpholine rings is 1. The van der Waals surface area contributed by atoms with E-state index in [0.29, 0.717) is 24.0 Å². The number of thiophene rings is 1. The fraction of sp³-hybridized carbons (Fsp3) is 0.444. The molecule has 1 aromatic carbocycles. The molecule has 26 heavy (non-hydrogen) atoms. The summed E-state index contributed by atoms with van der Waals surface area (Å²) in [4.78, 5) is 3.23. The van der Waals surface area contributed by atoms with Crippen molar-refractivity contribution in [2.75, 3.05) is 40.0 Å². The first-order valence-corrected chi connectivity index (χ1v) is 10.8. The average Bonchev–Trinajstić information content (AvgIpc) is 3.10. The first-order chi connectivity index (χ1) is 12.5. The molecule has 1 unspecified atom stereocenters. The SMILES string of the molecule is COc1cccc(C(CNS(=O)(=O)c2ccc(C)s2)N2CCOCC2)c1. The van der Waals surface area contributed by atoms with Crippen LogP contribution in [0, 0.1) is 6.92 Å².